The Bertz CT molecular complexity index is 387. The molecule has 1 N–H and O–H groups in total. The summed E-state index contributed by atoms with van der Waals surface area (Å²) in [6.07, 6.45) is 4.49. The fourth-order valence-corrected chi connectivity index (χ4v) is 2.68. The van der Waals surface area contributed by atoms with Crippen LogP contribution in [0.3, 0.4) is 0 Å². The number of aromatic nitrogens is 2. The molecule has 1 aromatic heterocycles. The maximum Gasteiger partial charge on any atom is 0.0624 e. The van der Waals surface area contributed by atoms with Crippen LogP contribution in [0, 0.1) is 5.41 Å². The second kappa shape index (κ2) is 7.82. The van der Waals surface area contributed by atoms with Crippen molar-refractivity contribution in [2.24, 2.45) is 5.41 Å². The molecular formula is C17H33N3. The third kappa shape index (κ3) is 5.66. The smallest absolute Gasteiger partial charge is 0.0624 e. The average molecular weight is 279 g/mol. The lowest BCUT2D eigenvalue weighted by Crippen LogP contribution is -2.35. The van der Waals surface area contributed by atoms with Crippen LogP contribution in [0.25, 0.3) is 0 Å². The van der Waals surface area contributed by atoms with Crippen LogP contribution in [0.5, 0.6) is 0 Å². The van der Waals surface area contributed by atoms with E-state index < -0.39 is 0 Å². The molecule has 0 aliphatic rings. The fraction of sp³-hybridized carbons (Fsp3) is 0.824. The van der Waals surface area contributed by atoms with Gasteiger partial charge in [-0.3, -0.25) is 4.68 Å². The third-order valence-corrected chi connectivity index (χ3v) is 3.57. The number of nitrogens with one attached hydrogen (secondary N) is 1. The summed E-state index contributed by atoms with van der Waals surface area (Å²) < 4.78 is 2.17. The normalized spacial score (nSPS) is 13.7. The van der Waals surface area contributed by atoms with Gasteiger partial charge in [0.05, 0.1) is 5.69 Å². The van der Waals surface area contributed by atoms with E-state index in [1.807, 2.05) is 0 Å². The monoisotopic (exact) mass is 279 g/mol. The summed E-state index contributed by atoms with van der Waals surface area (Å²) in [7, 11) is 0. The zero-order valence-corrected chi connectivity index (χ0v) is 14.3. The molecular weight excluding hydrogens is 246 g/mol. The lowest BCUT2D eigenvalue weighted by Gasteiger charge is -2.27. The molecule has 0 spiro atoms. The minimum absolute atomic E-state index is 0.357. The summed E-state index contributed by atoms with van der Waals surface area (Å²) in [6, 6.07) is 2.83. The van der Waals surface area contributed by atoms with Gasteiger partial charge in [-0.05, 0) is 44.2 Å². The van der Waals surface area contributed by atoms with Gasteiger partial charge in [-0.2, -0.15) is 5.10 Å². The van der Waals surface area contributed by atoms with Crippen molar-refractivity contribution >= 4 is 0 Å². The molecule has 1 unspecified atom stereocenters. The molecule has 3 nitrogen and oxygen atoms in total. The number of hydrogen-bond acceptors (Lipinski definition) is 2. The Morgan fingerprint density at radius 3 is 2.45 bits per heavy atom. The molecule has 1 atom stereocenters. The van der Waals surface area contributed by atoms with Gasteiger partial charge in [0.1, 0.15) is 0 Å². The van der Waals surface area contributed by atoms with Crippen LogP contribution < -0.4 is 5.32 Å². The Morgan fingerprint density at radius 1 is 1.25 bits per heavy atom. The molecule has 0 radical (unpaired) electrons. The first-order chi connectivity index (χ1) is 9.39. The van der Waals surface area contributed by atoms with Crippen molar-refractivity contribution in [1.29, 1.82) is 0 Å². The zero-order valence-electron chi connectivity index (χ0n) is 14.3. The molecule has 0 saturated carbocycles. The number of rotatable bonds is 8. The van der Waals surface area contributed by atoms with Crippen LogP contribution in [0.1, 0.15) is 65.8 Å². The van der Waals surface area contributed by atoms with Crippen LogP contribution in [-0.2, 0) is 19.4 Å². The number of nitrogens with zero attached hydrogens (tertiary/aromatic N) is 2. The van der Waals surface area contributed by atoms with Gasteiger partial charge < -0.3 is 5.32 Å². The van der Waals surface area contributed by atoms with Crippen molar-refractivity contribution in [3.05, 3.63) is 17.5 Å². The first-order valence-electron chi connectivity index (χ1n) is 8.18. The maximum absolute atomic E-state index is 4.67. The fourth-order valence-electron chi connectivity index (χ4n) is 2.68. The Balaban J connectivity index is 2.79. The molecule has 0 fully saturated rings. The van der Waals surface area contributed by atoms with Gasteiger partial charge in [0.15, 0.2) is 0 Å². The van der Waals surface area contributed by atoms with Crippen LogP contribution >= 0.6 is 0 Å². The van der Waals surface area contributed by atoms with Crippen LogP contribution in [-0.4, -0.2) is 22.4 Å². The number of aryl methyl sites for hydroxylation is 2. The highest BCUT2D eigenvalue weighted by atomic mass is 15.3. The predicted octanol–water partition coefficient (Wildman–Crippen LogP) is 3.81. The minimum atomic E-state index is 0.357. The molecule has 0 aromatic carbocycles. The quantitative estimate of drug-likeness (QED) is 0.784. The van der Waals surface area contributed by atoms with E-state index in [1.165, 1.54) is 24.2 Å². The van der Waals surface area contributed by atoms with Gasteiger partial charge in [-0.25, -0.2) is 0 Å². The van der Waals surface area contributed by atoms with Crippen molar-refractivity contribution in [2.75, 3.05) is 6.54 Å². The van der Waals surface area contributed by atoms with E-state index >= 15 is 0 Å². The Hall–Kier alpha value is -0.830. The van der Waals surface area contributed by atoms with Crippen molar-refractivity contribution in [1.82, 2.24) is 15.1 Å². The molecule has 116 valence electrons. The highest BCUT2D eigenvalue weighted by Gasteiger charge is 2.20. The molecule has 0 amide bonds. The minimum Gasteiger partial charge on any atom is -0.314 e. The van der Waals surface area contributed by atoms with Crippen LogP contribution in [0.2, 0.25) is 0 Å². The SMILES string of the molecule is CCCNC(Cc1cc(CC)nn1CC)CC(C)(C)C. The highest BCUT2D eigenvalue weighted by molar-refractivity contribution is 5.12. The van der Waals surface area contributed by atoms with Gasteiger partial charge in [0.2, 0.25) is 0 Å². The first-order valence-corrected chi connectivity index (χ1v) is 8.18. The first kappa shape index (κ1) is 17.2. The summed E-state index contributed by atoms with van der Waals surface area (Å²) in [5.41, 5.74) is 2.95. The molecule has 20 heavy (non-hydrogen) atoms. The molecule has 3 heteroatoms. The van der Waals surface area contributed by atoms with E-state index in [0.29, 0.717) is 11.5 Å². The summed E-state index contributed by atoms with van der Waals surface area (Å²) in [5.74, 6) is 0. The lowest BCUT2D eigenvalue weighted by molar-refractivity contribution is 0.303. The Kier molecular flexibility index (Phi) is 6.74. The number of hydrogen-bond donors (Lipinski definition) is 1. The molecule has 0 aliphatic heterocycles. The molecule has 0 bridgehead atoms. The molecule has 1 heterocycles. The summed E-state index contributed by atoms with van der Waals surface area (Å²) in [5, 5.41) is 8.38. The second-order valence-corrected chi connectivity index (χ2v) is 6.92. The van der Waals surface area contributed by atoms with Gasteiger partial charge in [0, 0.05) is 24.7 Å². The molecule has 0 saturated heterocycles. The van der Waals surface area contributed by atoms with Gasteiger partial charge in [0.25, 0.3) is 0 Å². The summed E-state index contributed by atoms with van der Waals surface area (Å²) in [4.78, 5) is 0. The van der Waals surface area contributed by atoms with E-state index in [0.717, 1.165) is 25.9 Å². The van der Waals surface area contributed by atoms with Crippen molar-refractivity contribution in [3.63, 3.8) is 0 Å². The topological polar surface area (TPSA) is 29.9 Å². The second-order valence-electron chi connectivity index (χ2n) is 6.92. The van der Waals surface area contributed by atoms with E-state index in [1.54, 1.807) is 0 Å². The van der Waals surface area contributed by atoms with E-state index in [9.17, 15) is 0 Å². The molecule has 1 rings (SSSR count). The Labute approximate surface area is 125 Å². The molecule has 0 aliphatic carbocycles. The average Bonchev–Trinajstić information content (AvgIpc) is 2.76. The van der Waals surface area contributed by atoms with Gasteiger partial charge >= 0.3 is 0 Å². The van der Waals surface area contributed by atoms with E-state index in [4.69, 9.17) is 0 Å². The predicted molar refractivity (Wildman–Crippen MR) is 87.1 cm³/mol. The van der Waals surface area contributed by atoms with Crippen molar-refractivity contribution in [3.8, 4) is 0 Å². The van der Waals surface area contributed by atoms with Crippen molar-refractivity contribution in [2.45, 2.75) is 79.8 Å². The van der Waals surface area contributed by atoms with Crippen molar-refractivity contribution < 1.29 is 0 Å². The summed E-state index contributed by atoms with van der Waals surface area (Å²) in [6.45, 7) is 15.6. The van der Waals surface area contributed by atoms with Crippen LogP contribution in [0.15, 0.2) is 6.07 Å². The highest BCUT2D eigenvalue weighted by Crippen LogP contribution is 2.23. The van der Waals surface area contributed by atoms with Gasteiger partial charge in [-0.15, -0.1) is 0 Å². The van der Waals surface area contributed by atoms with Gasteiger partial charge in [-0.1, -0.05) is 34.6 Å². The zero-order chi connectivity index (χ0) is 15.2. The standard InChI is InChI=1S/C17H33N3/c1-7-10-18-15(13-17(4,5)6)12-16-11-14(8-2)19-20(16)9-3/h11,15,18H,7-10,12-13H2,1-6H3. The third-order valence-electron chi connectivity index (χ3n) is 3.57. The maximum atomic E-state index is 4.67. The van der Waals surface area contributed by atoms with Crippen LogP contribution in [0.4, 0.5) is 0 Å². The largest absolute Gasteiger partial charge is 0.314 e. The van der Waals surface area contributed by atoms with E-state index in [-0.39, 0.29) is 0 Å². The summed E-state index contributed by atoms with van der Waals surface area (Å²) >= 11 is 0. The van der Waals surface area contributed by atoms with E-state index in [2.05, 4.69) is 62.7 Å². The Morgan fingerprint density at radius 2 is 1.95 bits per heavy atom. The molecule has 1 aromatic rings. The lowest BCUT2D eigenvalue weighted by atomic mass is 9.86.